The zero-order valence-electron chi connectivity index (χ0n) is 18.6. The largest absolute Gasteiger partial charge is 0.493 e. The maximum Gasteiger partial charge on any atom is 0.230 e. The molecular formula is C25H32Cl2N2O4. The minimum atomic E-state index is 0. The fraction of sp³-hybridized carbons (Fsp3) is 0.520. The third kappa shape index (κ3) is 4.85. The first-order chi connectivity index (χ1) is 15.3. The van der Waals surface area contributed by atoms with Crippen molar-refractivity contribution in [1.82, 2.24) is 10.6 Å². The zero-order chi connectivity index (χ0) is 20.6. The lowest BCUT2D eigenvalue weighted by atomic mass is 9.80. The van der Waals surface area contributed by atoms with Crippen LogP contribution < -0.4 is 29.6 Å². The molecule has 4 heterocycles. The van der Waals surface area contributed by atoms with Crippen LogP contribution in [0.1, 0.15) is 35.8 Å². The molecule has 8 heteroatoms. The summed E-state index contributed by atoms with van der Waals surface area (Å²) < 4.78 is 23.9. The lowest BCUT2D eigenvalue weighted by Gasteiger charge is -2.37. The summed E-state index contributed by atoms with van der Waals surface area (Å²) in [4.78, 5) is 0. The van der Waals surface area contributed by atoms with Gasteiger partial charge < -0.3 is 29.6 Å². The normalized spacial score (nSPS) is 26.9. The number of hydrogen-bond donors (Lipinski definition) is 2. The fourth-order valence-electron chi connectivity index (χ4n) is 5.59. The zero-order valence-corrected chi connectivity index (χ0v) is 20.2. The van der Waals surface area contributed by atoms with Gasteiger partial charge in [-0.25, -0.2) is 0 Å². The summed E-state index contributed by atoms with van der Waals surface area (Å²) in [5.41, 5.74) is 2.51. The number of rotatable bonds is 4. The molecule has 0 aliphatic carbocycles. The summed E-state index contributed by atoms with van der Waals surface area (Å²) in [6.07, 6.45) is 2.33. The van der Waals surface area contributed by atoms with Gasteiger partial charge in [-0.2, -0.15) is 0 Å². The molecule has 2 aromatic carbocycles. The van der Waals surface area contributed by atoms with Gasteiger partial charge in [0.05, 0.1) is 13.2 Å². The fourth-order valence-corrected chi connectivity index (χ4v) is 5.59. The molecule has 6 nitrogen and oxygen atoms in total. The molecule has 180 valence electrons. The summed E-state index contributed by atoms with van der Waals surface area (Å²) in [6.45, 7) is 5.99. The van der Waals surface area contributed by atoms with E-state index in [0.29, 0.717) is 23.7 Å². The van der Waals surface area contributed by atoms with Crippen LogP contribution in [0.2, 0.25) is 0 Å². The second kappa shape index (κ2) is 10.6. The van der Waals surface area contributed by atoms with Crippen LogP contribution in [-0.2, 0) is 0 Å². The van der Waals surface area contributed by atoms with E-state index in [2.05, 4.69) is 22.8 Å². The lowest BCUT2D eigenvalue weighted by Crippen LogP contribution is -2.40. The molecule has 0 unspecified atom stereocenters. The second-order valence-electron chi connectivity index (χ2n) is 9.15. The van der Waals surface area contributed by atoms with Crippen molar-refractivity contribution in [3.63, 3.8) is 0 Å². The number of benzene rings is 2. The van der Waals surface area contributed by atoms with Crippen molar-refractivity contribution < 1.29 is 18.9 Å². The van der Waals surface area contributed by atoms with Crippen molar-refractivity contribution in [3.8, 4) is 23.0 Å². The first-order valence-corrected chi connectivity index (χ1v) is 11.6. The highest BCUT2D eigenvalue weighted by atomic mass is 35.5. The Morgan fingerprint density at radius 3 is 1.70 bits per heavy atom. The van der Waals surface area contributed by atoms with Gasteiger partial charge in [0.1, 0.15) is 23.0 Å². The number of nitrogens with one attached hydrogen (secondary N) is 2. The Kier molecular flexibility index (Phi) is 7.80. The third-order valence-electron chi connectivity index (χ3n) is 7.37. The van der Waals surface area contributed by atoms with E-state index >= 15 is 0 Å². The minimum Gasteiger partial charge on any atom is -0.493 e. The molecule has 2 aromatic rings. The molecule has 4 aliphatic heterocycles. The van der Waals surface area contributed by atoms with Crippen molar-refractivity contribution in [2.75, 3.05) is 46.2 Å². The van der Waals surface area contributed by atoms with Crippen molar-refractivity contribution >= 4 is 24.8 Å². The summed E-state index contributed by atoms with van der Waals surface area (Å²) in [5.74, 6) is 5.82. The van der Waals surface area contributed by atoms with Gasteiger partial charge in [0, 0.05) is 47.9 Å². The molecule has 4 aliphatic rings. The van der Waals surface area contributed by atoms with E-state index in [-0.39, 0.29) is 31.6 Å². The highest BCUT2D eigenvalue weighted by Gasteiger charge is 2.34. The Morgan fingerprint density at radius 1 is 0.727 bits per heavy atom. The van der Waals surface area contributed by atoms with Gasteiger partial charge in [-0.15, -0.1) is 24.8 Å². The molecule has 2 N–H and O–H groups in total. The first kappa shape index (κ1) is 24.3. The molecule has 33 heavy (non-hydrogen) atoms. The van der Waals surface area contributed by atoms with Crippen LogP contribution >= 0.6 is 24.8 Å². The maximum absolute atomic E-state index is 5.99. The summed E-state index contributed by atoms with van der Waals surface area (Å²) >= 11 is 0. The molecule has 0 saturated carbocycles. The smallest absolute Gasteiger partial charge is 0.230 e. The van der Waals surface area contributed by atoms with E-state index in [1.807, 2.05) is 24.3 Å². The number of fused-ring (bicyclic) bond motifs is 6. The van der Waals surface area contributed by atoms with Crippen LogP contribution in [0.5, 0.6) is 23.0 Å². The maximum atomic E-state index is 5.99. The molecule has 6 rings (SSSR count). The third-order valence-corrected chi connectivity index (χ3v) is 7.37. The predicted molar refractivity (Wildman–Crippen MR) is 132 cm³/mol. The van der Waals surface area contributed by atoms with Gasteiger partial charge in [-0.05, 0) is 62.3 Å². The Labute approximate surface area is 207 Å². The Morgan fingerprint density at radius 2 is 1.21 bits per heavy atom. The predicted octanol–water partition coefficient (Wildman–Crippen LogP) is 4.12. The van der Waals surface area contributed by atoms with Crippen LogP contribution in [0.3, 0.4) is 0 Å². The Balaban J connectivity index is 0.00000130. The minimum absolute atomic E-state index is 0. The van der Waals surface area contributed by atoms with E-state index in [0.717, 1.165) is 75.2 Å². The van der Waals surface area contributed by atoms with Gasteiger partial charge in [-0.1, -0.05) is 0 Å². The number of halogens is 2. The average Bonchev–Trinajstić information content (AvgIpc) is 2.84. The summed E-state index contributed by atoms with van der Waals surface area (Å²) in [7, 11) is 0. The number of piperidine rings is 2. The molecule has 0 amide bonds. The Hall–Kier alpha value is -1.86. The average molecular weight is 495 g/mol. The first-order valence-electron chi connectivity index (χ1n) is 11.6. The van der Waals surface area contributed by atoms with Crippen molar-refractivity contribution in [3.05, 3.63) is 47.5 Å². The van der Waals surface area contributed by atoms with Gasteiger partial charge in [-0.3, -0.25) is 0 Å². The van der Waals surface area contributed by atoms with Gasteiger partial charge in [0.25, 0.3) is 0 Å². The van der Waals surface area contributed by atoms with Crippen LogP contribution in [0.15, 0.2) is 36.4 Å². The standard InChI is InChI=1S/C25H30N2O4.2ClH/c1-3-24-20(22-11-26-7-5-16(22)13-28-24)9-18(1)30-15-31-19-2-4-25-21(10-19)23-12-27-8-6-17(23)14-29-25;;/h1-4,9-10,16-17,22-23,26-27H,5-8,11-15H2;2*1H/t16-,17-,22-,23-;;/m0../s1. The summed E-state index contributed by atoms with van der Waals surface area (Å²) in [5, 5.41) is 7.04. The second-order valence-corrected chi connectivity index (χ2v) is 9.15. The van der Waals surface area contributed by atoms with E-state index in [1.54, 1.807) is 0 Å². The van der Waals surface area contributed by atoms with Crippen molar-refractivity contribution in [2.45, 2.75) is 24.7 Å². The van der Waals surface area contributed by atoms with Crippen LogP contribution in [-0.4, -0.2) is 46.2 Å². The SMILES string of the molecule is Cl.Cl.c1cc2c(cc1OCOc1ccc3c(c1)[C@H]1CNCC[C@H]1CO3)[C@H]1CNCC[C@H]1CO2. The molecule has 0 radical (unpaired) electrons. The topological polar surface area (TPSA) is 61.0 Å². The molecule has 2 saturated heterocycles. The summed E-state index contributed by atoms with van der Waals surface area (Å²) in [6, 6.07) is 12.3. The van der Waals surface area contributed by atoms with E-state index < -0.39 is 0 Å². The molecular weight excluding hydrogens is 463 g/mol. The van der Waals surface area contributed by atoms with E-state index in [1.165, 1.54) is 11.1 Å². The highest BCUT2D eigenvalue weighted by Crippen LogP contribution is 2.42. The number of ether oxygens (including phenoxy) is 4. The van der Waals surface area contributed by atoms with Crippen LogP contribution in [0.4, 0.5) is 0 Å². The lowest BCUT2D eigenvalue weighted by molar-refractivity contribution is 0.117. The molecule has 0 bridgehead atoms. The van der Waals surface area contributed by atoms with Crippen molar-refractivity contribution in [1.29, 1.82) is 0 Å². The molecule has 0 aromatic heterocycles. The van der Waals surface area contributed by atoms with Gasteiger partial charge >= 0.3 is 0 Å². The van der Waals surface area contributed by atoms with E-state index in [4.69, 9.17) is 18.9 Å². The molecule has 4 atom stereocenters. The highest BCUT2D eigenvalue weighted by molar-refractivity contribution is 5.85. The van der Waals surface area contributed by atoms with Crippen LogP contribution in [0.25, 0.3) is 0 Å². The quantitative estimate of drug-likeness (QED) is 0.623. The van der Waals surface area contributed by atoms with Gasteiger partial charge in [0.15, 0.2) is 0 Å². The van der Waals surface area contributed by atoms with Crippen molar-refractivity contribution in [2.24, 2.45) is 11.8 Å². The van der Waals surface area contributed by atoms with Gasteiger partial charge in [0.2, 0.25) is 6.79 Å². The van der Waals surface area contributed by atoms with E-state index in [9.17, 15) is 0 Å². The number of hydrogen-bond acceptors (Lipinski definition) is 6. The Bertz CT molecular complexity index is 884. The van der Waals surface area contributed by atoms with Crippen LogP contribution in [0, 0.1) is 11.8 Å². The molecule has 2 fully saturated rings. The molecule has 0 spiro atoms. The monoisotopic (exact) mass is 494 g/mol.